The summed E-state index contributed by atoms with van der Waals surface area (Å²) in [5.74, 6) is -0.198. The summed E-state index contributed by atoms with van der Waals surface area (Å²) in [5.41, 5.74) is 3.25. The topological polar surface area (TPSA) is 0 Å². The van der Waals surface area contributed by atoms with Gasteiger partial charge in [-0.05, 0) is 54.3 Å². The summed E-state index contributed by atoms with van der Waals surface area (Å²) < 4.78 is 13.3. The molecule has 2 rings (SSSR count). The van der Waals surface area contributed by atoms with Crippen LogP contribution < -0.4 is 0 Å². The van der Waals surface area contributed by atoms with Gasteiger partial charge in [-0.25, -0.2) is 4.39 Å². The minimum absolute atomic E-state index is 0.106. The number of rotatable bonds is 3. The number of hydrogen-bond donors (Lipinski definition) is 0. The van der Waals surface area contributed by atoms with Crippen LogP contribution in [0.15, 0.2) is 42.5 Å². The van der Waals surface area contributed by atoms with Crippen LogP contribution in [0.5, 0.6) is 0 Å². The Balaban J connectivity index is 2.18. The fourth-order valence-electron chi connectivity index (χ4n) is 1.89. The highest BCUT2D eigenvalue weighted by Gasteiger charge is 2.12. The van der Waals surface area contributed by atoms with Crippen LogP contribution in [0, 0.1) is 12.7 Å². The Kier molecular flexibility index (Phi) is 4.41. The summed E-state index contributed by atoms with van der Waals surface area (Å²) in [6, 6.07) is 12.6. The van der Waals surface area contributed by atoms with Gasteiger partial charge in [-0.3, -0.25) is 0 Å². The van der Waals surface area contributed by atoms with E-state index in [-0.39, 0.29) is 10.6 Å². The predicted molar refractivity (Wildman–Crippen MR) is 78.0 cm³/mol. The van der Waals surface area contributed by atoms with E-state index in [2.05, 4.69) is 15.9 Å². The van der Waals surface area contributed by atoms with Gasteiger partial charge in [0.25, 0.3) is 0 Å². The lowest BCUT2D eigenvalue weighted by Gasteiger charge is -2.13. The van der Waals surface area contributed by atoms with Crippen LogP contribution in [0.4, 0.5) is 4.39 Å². The molecular weight excluding hydrogens is 315 g/mol. The molecule has 94 valence electrons. The summed E-state index contributed by atoms with van der Waals surface area (Å²) in [6.07, 6.45) is 0.807. The molecule has 0 heterocycles. The van der Waals surface area contributed by atoms with Crippen LogP contribution >= 0.6 is 27.5 Å². The van der Waals surface area contributed by atoms with Crippen LogP contribution in [-0.4, -0.2) is 0 Å². The second-order valence-corrected chi connectivity index (χ2v) is 5.84. The van der Waals surface area contributed by atoms with Crippen molar-refractivity contribution in [2.45, 2.75) is 18.2 Å². The van der Waals surface area contributed by atoms with Crippen molar-refractivity contribution in [1.82, 2.24) is 0 Å². The van der Waals surface area contributed by atoms with E-state index in [0.29, 0.717) is 0 Å². The molecule has 0 N–H and O–H groups in total. The Morgan fingerprint density at radius 2 is 1.83 bits per heavy atom. The molecule has 0 saturated heterocycles. The zero-order valence-electron chi connectivity index (χ0n) is 9.96. The smallest absolute Gasteiger partial charge is 0.123 e. The highest BCUT2D eigenvalue weighted by Crippen LogP contribution is 2.30. The minimum atomic E-state index is -0.198. The second-order valence-electron chi connectivity index (χ2n) is 4.30. The molecule has 2 aromatic carbocycles. The molecule has 0 fully saturated rings. The molecule has 0 spiro atoms. The molecule has 1 atom stereocenters. The maximum Gasteiger partial charge on any atom is 0.123 e. The molecule has 0 nitrogen and oxygen atoms in total. The number of hydrogen-bond acceptors (Lipinski definition) is 0. The van der Waals surface area contributed by atoms with Gasteiger partial charge >= 0.3 is 0 Å². The van der Waals surface area contributed by atoms with E-state index in [4.69, 9.17) is 11.6 Å². The monoisotopic (exact) mass is 326 g/mol. The van der Waals surface area contributed by atoms with E-state index >= 15 is 0 Å². The van der Waals surface area contributed by atoms with Gasteiger partial charge in [-0.1, -0.05) is 45.7 Å². The Morgan fingerprint density at radius 3 is 2.50 bits per heavy atom. The van der Waals surface area contributed by atoms with Crippen molar-refractivity contribution in [3.8, 4) is 0 Å². The predicted octanol–water partition coefficient (Wildman–Crippen LogP) is 5.47. The van der Waals surface area contributed by atoms with Crippen LogP contribution in [0.3, 0.4) is 0 Å². The first-order valence-corrected chi connectivity index (χ1v) is 7.00. The van der Waals surface area contributed by atoms with Crippen molar-refractivity contribution in [2.75, 3.05) is 0 Å². The fourth-order valence-corrected chi connectivity index (χ4v) is 2.88. The number of halogens is 3. The Hall–Kier alpha value is -0.860. The highest BCUT2D eigenvalue weighted by molar-refractivity contribution is 9.09. The largest absolute Gasteiger partial charge is 0.207 e. The second kappa shape index (κ2) is 5.85. The van der Waals surface area contributed by atoms with Crippen LogP contribution in [0.25, 0.3) is 0 Å². The van der Waals surface area contributed by atoms with Gasteiger partial charge in [0.2, 0.25) is 0 Å². The van der Waals surface area contributed by atoms with Crippen molar-refractivity contribution >= 4 is 27.5 Å². The maximum atomic E-state index is 13.3. The molecular formula is C15H13BrClF. The standard InChI is InChI=1S/C15H13BrClF/c1-10-2-7-13(18)9-14(10)15(16)8-11-3-5-12(17)6-4-11/h2-7,9,15H,8H2,1H3. The van der Waals surface area contributed by atoms with Crippen molar-refractivity contribution in [1.29, 1.82) is 0 Å². The van der Waals surface area contributed by atoms with E-state index in [1.165, 1.54) is 11.6 Å². The number of alkyl halides is 1. The van der Waals surface area contributed by atoms with Gasteiger partial charge in [0.15, 0.2) is 0 Å². The van der Waals surface area contributed by atoms with E-state index in [0.717, 1.165) is 22.6 Å². The first-order chi connectivity index (χ1) is 8.56. The summed E-state index contributed by atoms with van der Waals surface area (Å²) in [7, 11) is 0. The molecule has 0 amide bonds. The molecule has 0 bridgehead atoms. The lowest BCUT2D eigenvalue weighted by atomic mass is 10.0. The van der Waals surface area contributed by atoms with Crippen molar-refractivity contribution in [3.05, 3.63) is 70.0 Å². The summed E-state index contributed by atoms with van der Waals surface area (Å²) in [5, 5.41) is 0.729. The normalized spacial score (nSPS) is 12.4. The Morgan fingerprint density at radius 1 is 1.17 bits per heavy atom. The number of benzene rings is 2. The van der Waals surface area contributed by atoms with Gasteiger partial charge in [0.1, 0.15) is 5.82 Å². The zero-order chi connectivity index (χ0) is 13.1. The van der Waals surface area contributed by atoms with Crippen molar-refractivity contribution < 1.29 is 4.39 Å². The first-order valence-electron chi connectivity index (χ1n) is 5.71. The third kappa shape index (κ3) is 3.33. The van der Waals surface area contributed by atoms with Crippen LogP contribution in [-0.2, 0) is 6.42 Å². The molecule has 0 aliphatic heterocycles. The Labute approximate surface area is 120 Å². The first kappa shape index (κ1) is 13.6. The molecule has 0 radical (unpaired) electrons. The zero-order valence-corrected chi connectivity index (χ0v) is 12.3. The fraction of sp³-hybridized carbons (Fsp3) is 0.200. The minimum Gasteiger partial charge on any atom is -0.207 e. The maximum absolute atomic E-state index is 13.3. The SMILES string of the molecule is Cc1ccc(F)cc1C(Br)Cc1ccc(Cl)cc1. The summed E-state index contributed by atoms with van der Waals surface area (Å²) in [4.78, 5) is 0.106. The van der Waals surface area contributed by atoms with E-state index in [1.54, 1.807) is 12.1 Å². The molecule has 2 aromatic rings. The van der Waals surface area contributed by atoms with E-state index in [9.17, 15) is 4.39 Å². The molecule has 3 heteroatoms. The highest BCUT2D eigenvalue weighted by atomic mass is 79.9. The average Bonchev–Trinajstić information content (AvgIpc) is 2.35. The number of aryl methyl sites for hydroxylation is 1. The van der Waals surface area contributed by atoms with Gasteiger partial charge in [-0.15, -0.1) is 0 Å². The van der Waals surface area contributed by atoms with Gasteiger partial charge < -0.3 is 0 Å². The Bertz CT molecular complexity index is 537. The van der Waals surface area contributed by atoms with E-state index < -0.39 is 0 Å². The average molecular weight is 328 g/mol. The summed E-state index contributed by atoms with van der Waals surface area (Å²) >= 11 is 9.48. The third-order valence-electron chi connectivity index (χ3n) is 2.91. The van der Waals surface area contributed by atoms with Crippen LogP contribution in [0.2, 0.25) is 5.02 Å². The molecule has 1 unspecified atom stereocenters. The van der Waals surface area contributed by atoms with Gasteiger partial charge in [-0.2, -0.15) is 0 Å². The molecule has 0 aromatic heterocycles. The lowest BCUT2D eigenvalue weighted by molar-refractivity contribution is 0.624. The van der Waals surface area contributed by atoms with Gasteiger partial charge in [0.05, 0.1) is 0 Å². The molecule has 0 saturated carbocycles. The summed E-state index contributed by atoms with van der Waals surface area (Å²) in [6.45, 7) is 1.99. The molecule has 0 aliphatic carbocycles. The van der Waals surface area contributed by atoms with Gasteiger partial charge in [0, 0.05) is 9.85 Å². The van der Waals surface area contributed by atoms with Crippen LogP contribution in [0.1, 0.15) is 21.5 Å². The quantitative estimate of drug-likeness (QED) is 0.656. The lowest BCUT2D eigenvalue weighted by Crippen LogP contribution is -1.98. The third-order valence-corrected chi connectivity index (χ3v) is 3.98. The molecule has 0 aliphatic rings. The van der Waals surface area contributed by atoms with E-state index in [1.807, 2.05) is 31.2 Å². The van der Waals surface area contributed by atoms with Crippen molar-refractivity contribution in [2.24, 2.45) is 0 Å². The van der Waals surface area contributed by atoms with Crippen molar-refractivity contribution in [3.63, 3.8) is 0 Å². The molecule has 18 heavy (non-hydrogen) atoms.